The third-order valence-electron chi connectivity index (χ3n) is 9.39. The summed E-state index contributed by atoms with van der Waals surface area (Å²) in [5, 5.41) is 0. The van der Waals surface area contributed by atoms with Gasteiger partial charge in [0.25, 0.3) is 0 Å². The summed E-state index contributed by atoms with van der Waals surface area (Å²) >= 11 is 0. The van der Waals surface area contributed by atoms with Crippen LogP contribution in [0.25, 0.3) is 0 Å². The highest BCUT2D eigenvalue weighted by atomic mass is 16.1. The number of benzene rings is 1. The Bertz CT molecular complexity index is 1490. The molecule has 2 rings (SSSR count). The fourth-order valence-corrected chi connectivity index (χ4v) is 6.01. The third-order valence-corrected chi connectivity index (χ3v) is 9.39. The SMILES string of the molecule is CC(C)=CCC/C(C)=C/CC/C(C)=C/CC/C(C)=C/CC/C(C)=C/CC/C(C)=C/CC/C(C)=C\CC1=C(C)C(=O)c2ccccc2C1=O. The average Bonchev–Trinajstić information content (AvgIpc) is 3.03. The van der Waals surface area contributed by atoms with Crippen molar-refractivity contribution in [3.63, 3.8) is 0 Å². The smallest absolute Gasteiger partial charge is 0.190 e. The lowest BCUT2D eigenvalue weighted by atomic mass is 9.83. The molecule has 2 heteroatoms. The molecule has 0 unspecified atom stereocenters. The quantitative estimate of drug-likeness (QED) is 0.132. The molecule has 0 heterocycles. The number of Topliss-reactive ketones (excluding diaryl/α,β-unsaturated/α-hetero) is 2. The molecule has 0 radical (unpaired) electrons. The number of rotatable bonds is 20. The number of hydrogen-bond acceptors (Lipinski definition) is 2. The summed E-state index contributed by atoms with van der Waals surface area (Å²) in [6, 6.07) is 7.15. The van der Waals surface area contributed by atoms with Gasteiger partial charge in [0, 0.05) is 22.3 Å². The number of hydrogen-bond donors (Lipinski definition) is 0. The van der Waals surface area contributed by atoms with Gasteiger partial charge in [-0.3, -0.25) is 9.59 Å². The molecule has 0 aromatic heterocycles. The Morgan fingerprint density at radius 2 is 0.771 bits per heavy atom. The van der Waals surface area contributed by atoms with E-state index in [4.69, 9.17) is 0 Å². The maximum Gasteiger partial charge on any atom is 0.190 e. The van der Waals surface area contributed by atoms with Gasteiger partial charge in [0.15, 0.2) is 11.6 Å². The van der Waals surface area contributed by atoms with Crippen LogP contribution in [-0.4, -0.2) is 11.6 Å². The molecule has 260 valence electrons. The number of fused-ring (bicyclic) bond motifs is 1. The molecular formula is C46H64O2. The molecule has 0 aliphatic heterocycles. The van der Waals surface area contributed by atoms with Crippen LogP contribution in [0.4, 0.5) is 0 Å². The molecular weight excluding hydrogens is 585 g/mol. The van der Waals surface area contributed by atoms with Crippen LogP contribution >= 0.6 is 0 Å². The van der Waals surface area contributed by atoms with E-state index in [1.807, 2.05) is 12.1 Å². The number of allylic oxidation sites excluding steroid dienone is 16. The Kier molecular flexibility index (Phi) is 18.8. The van der Waals surface area contributed by atoms with E-state index in [9.17, 15) is 9.59 Å². The minimum Gasteiger partial charge on any atom is -0.289 e. The maximum atomic E-state index is 13.0. The molecule has 48 heavy (non-hydrogen) atoms. The summed E-state index contributed by atoms with van der Waals surface area (Å²) in [7, 11) is 0. The van der Waals surface area contributed by atoms with Gasteiger partial charge in [-0.25, -0.2) is 0 Å². The second-order valence-electron chi connectivity index (χ2n) is 14.3. The first-order valence-corrected chi connectivity index (χ1v) is 18.3. The predicted octanol–water partition coefficient (Wildman–Crippen LogP) is 14.1. The van der Waals surface area contributed by atoms with E-state index in [2.05, 4.69) is 97.9 Å². The van der Waals surface area contributed by atoms with Crippen LogP contribution in [0.2, 0.25) is 0 Å². The zero-order valence-electron chi connectivity index (χ0n) is 31.9. The van der Waals surface area contributed by atoms with Crippen LogP contribution in [0.5, 0.6) is 0 Å². The van der Waals surface area contributed by atoms with Crippen LogP contribution in [0, 0.1) is 0 Å². The lowest BCUT2D eigenvalue weighted by Gasteiger charge is -2.18. The zero-order chi connectivity index (χ0) is 35.5. The Morgan fingerprint density at radius 3 is 1.12 bits per heavy atom. The minimum atomic E-state index is -0.0228. The van der Waals surface area contributed by atoms with E-state index in [1.54, 1.807) is 19.1 Å². The molecule has 0 saturated heterocycles. The standard InChI is InChI=1S/C46H64O2/c1-34(2)18-12-19-35(3)20-13-21-36(4)22-14-23-37(5)24-15-25-38(6)26-16-27-39(7)28-17-29-40(8)32-33-42-41(9)45(47)43-30-10-11-31-44(43)46(42)48/h10-11,18,20,22,24,26,28,30-32H,12-17,19,21,23,25,27,29,33H2,1-9H3/b35-20+,36-22+,37-24+,38-26+,39-28+,40-32-. The van der Waals surface area contributed by atoms with Crippen molar-refractivity contribution in [3.05, 3.63) is 128 Å². The first-order chi connectivity index (χ1) is 22.9. The van der Waals surface area contributed by atoms with E-state index < -0.39 is 0 Å². The summed E-state index contributed by atoms with van der Waals surface area (Å²) in [5.74, 6) is -0.0311. The highest BCUT2D eigenvalue weighted by Crippen LogP contribution is 2.28. The number of carbonyl (C=O) groups excluding carboxylic acids is 2. The van der Waals surface area contributed by atoms with Crippen molar-refractivity contribution < 1.29 is 9.59 Å². The number of carbonyl (C=O) groups is 2. The first-order valence-electron chi connectivity index (χ1n) is 18.3. The second kappa shape index (κ2) is 22.2. The minimum absolute atomic E-state index is 0.00832. The fraction of sp³-hybridized carbons (Fsp3) is 0.478. The topological polar surface area (TPSA) is 34.1 Å². The van der Waals surface area contributed by atoms with Crippen LogP contribution in [0.1, 0.15) is 167 Å². The third kappa shape index (κ3) is 15.6. The van der Waals surface area contributed by atoms with Gasteiger partial charge < -0.3 is 0 Å². The zero-order valence-corrected chi connectivity index (χ0v) is 31.9. The van der Waals surface area contributed by atoms with Gasteiger partial charge in [0.1, 0.15) is 0 Å². The summed E-state index contributed by atoms with van der Waals surface area (Å²) in [6.45, 7) is 19.6. The maximum absolute atomic E-state index is 13.0. The van der Waals surface area contributed by atoms with Crippen LogP contribution < -0.4 is 0 Å². The molecule has 1 aromatic carbocycles. The van der Waals surface area contributed by atoms with Crippen LogP contribution in [0.15, 0.2) is 117 Å². The molecule has 0 N–H and O–H groups in total. The fourth-order valence-electron chi connectivity index (χ4n) is 6.01. The molecule has 0 fully saturated rings. The van der Waals surface area contributed by atoms with Gasteiger partial charge in [0.2, 0.25) is 0 Å². The van der Waals surface area contributed by atoms with Crippen LogP contribution in [0.3, 0.4) is 0 Å². The van der Waals surface area contributed by atoms with E-state index in [0.29, 0.717) is 28.7 Å². The number of ketones is 2. The van der Waals surface area contributed by atoms with Crippen molar-refractivity contribution in [2.75, 3.05) is 0 Å². The summed E-state index contributed by atoms with van der Waals surface area (Å²) in [5.41, 5.74) is 12.4. The van der Waals surface area contributed by atoms with Crippen molar-refractivity contribution in [1.82, 2.24) is 0 Å². The molecule has 1 aliphatic rings. The Morgan fingerprint density at radius 1 is 0.458 bits per heavy atom. The summed E-state index contributed by atoms with van der Waals surface area (Å²) in [4.78, 5) is 25.7. The first kappa shape index (κ1) is 40.7. The molecule has 0 atom stereocenters. The molecule has 0 spiro atoms. The predicted molar refractivity (Wildman–Crippen MR) is 210 cm³/mol. The summed E-state index contributed by atoms with van der Waals surface area (Å²) < 4.78 is 0. The van der Waals surface area contributed by atoms with Gasteiger partial charge >= 0.3 is 0 Å². The van der Waals surface area contributed by atoms with Crippen molar-refractivity contribution in [1.29, 1.82) is 0 Å². The van der Waals surface area contributed by atoms with Crippen molar-refractivity contribution in [2.24, 2.45) is 0 Å². The van der Waals surface area contributed by atoms with E-state index in [0.717, 1.165) is 64.2 Å². The van der Waals surface area contributed by atoms with Gasteiger partial charge in [-0.15, -0.1) is 0 Å². The van der Waals surface area contributed by atoms with Crippen LogP contribution in [-0.2, 0) is 0 Å². The lowest BCUT2D eigenvalue weighted by Crippen LogP contribution is -2.20. The molecule has 0 saturated carbocycles. The van der Waals surface area contributed by atoms with E-state index in [-0.39, 0.29) is 11.6 Å². The highest BCUT2D eigenvalue weighted by Gasteiger charge is 2.28. The Hall–Kier alpha value is -3.52. The normalized spacial score (nSPS) is 15.4. The second-order valence-corrected chi connectivity index (χ2v) is 14.3. The van der Waals surface area contributed by atoms with Gasteiger partial charge in [-0.2, -0.15) is 0 Å². The molecule has 1 aromatic rings. The van der Waals surface area contributed by atoms with Gasteiger partial charge in [0.05, 0.1) is 0 Å². The van der Waals surface area contributed by atoms with Crippen molar-refractivity contribution in [3.8, 4) is 0 Å². The molecule has 0 amide bonds. The largest absolute Gasteiger partial charge is 0.289 e. The Balaban J connectivity index is 1.65. The van der Waals surface area contributed by atoms with Crippen molar-refractivity contribution in [2.45, 2.75) is 146 Å². The molecule has 0 bridgehead atoms. The van der Waals surface area contributed by atoms with Gasteiger partial charge in [-0.05, 0) is 146 Å². The monoisotopic (exact) mass is 648 g/mol. The average molecular weight is 649 g/mol. The van der Waals surface area contributed by atoms with Crippen molar-refractivity contribution >= 4 is 11.6 Å². The molecule has 2 nitrogen and oxygen atoms in total. The van der Waals surface area contributed by atoms with E-state index >= 15 is 0 Å². The van der Waals surface area contributed by atoms with E-state index in [1.165, 1.54) is 51.9 Å². The highest BCUT2D eigenvalue weighted by molar-refractivity contribution is 6.26. The lowest BCUT2D eigenvalue weighted by molar-refractivity contribution is 0.0973. The summed E-state index contributed by atoms with van der Waals surface area (Å²) in [6.07, 6.45) is 30.4. The Labute approximate surface area is 294 Å². The van der Waals surface area contributed by atoms with Gasteiger partial charge in [-0.1, -0.05) is 106 Å². The molecule has 1 aliphatic carbocycles.